The molecule has 1 heterocycles. The molecule has 0 atom stereocenters. The summed E-state index contributed by atoms with van der Waals surface area (Å²) < 4.78 is 27.1. The Morgan fingerprint density at radius 3 is 2.67 bits per heavy atom. The molecule has 0 radical (unpaired) electrons. The molecule has 2 rings (SSSR count). The molecule has 21 heavy (non-hydrogen) atoms. The van der Waals surface area contributed by atoms with E-state index >= 15 is 0 Å². The van der Waals surface area contributed by atoms with Crippen molar-refractivity contribution < 1.29 is 8.42 Å². The summed E-state index contributed by atoms with van der Waals surface area (Å²) in [5.74, 6) is 0.760. The Morgan fingerprint density at radius 2 is 1.95 bits per heavy atom. The highest BCUT2D eigenvalue weighted by atomic mass is 32.2. The van der Waals surface area contributed by atoms with E-state index < -0.39 is 10.0 Å². The molecule has 114 valence electrons. The van der Waals surface area contributed by atoms with Crippen molar-refractivity contribution in [2.24, 2.45) is 0 Å². The van der Waals surface area contributed by atoms with Crippen molar-refractivity contribution in [2.75, 3.05) is 18.9 Å². The largest absolute Gasteiger partial charge is 0.373 e. The number of aromatic nitrogens is 1. The highest BCUT2D eigenvalue weighted by molar-refractivity contribution is 7.89. The zero-order valence-electron chi connectivity index (χ0n) is 12.4. The maximum Gasteiger partial charge on any atom is 0.240 e. The van der Waals surface area contributed by atoms with E-state index in [1.807, 2.05) is 12.1 Å². The lowest BCUT2D eigenvalue weighted by atomic mass is 10.2. The van der Waals surface area contributed by atoms with E-state index in [1.54, 1.807) is 25.2 Å². The minimum atomic E-state index is -3.44. The van der Waals surface area contributed by atoms with E-state index in [2.05, 4.69) is 21.9 Å². The summed E-state index contributed by atoms with van der Waals surface area (Å²) in [6.07, 6.45) is 2.95. The van der Waals surface area contributed by atoms with Gasteiger partial charge in [-0.1, -0.05) is 19.8 Å². The normalized spacial score (nSPS) is 11.7. The predicted molar refractivity (Wildman–Crippen MR) is 86.0 cm³/mol. The molecular formula is C15H21N3O2S. The molecular weight excluding hydrogens is 286 g/mol. The van der Waals surface area contributed by atoms with Crippen molar-refractivity contribution in [1.82, 2.24) is 9.71 Å². The van der Waals surface area contributed by atoms with Crippen molar-refractivity contribution in [1.29, 1.82) is 0 Å². The van der Waals surface area contributed by atoms with E-state index in [4.69, 9.17) is 0 Å². The quantitative estimate of drug-likeness (QED) is 0.772. The number of hydrogen-bond acceptors (Lipinski definition) is 4. The van der Waals surface area contributed by atoms with Crippen LogP contribution < -0.4 is 10.0 Å². The first-order valence-corrected chi connectivity index (χ1v) is 8.63. The van der Waals surface area contributed by atoms with E-state index in [1.165, 1.54) is 0 Å². The molecule has 0 aliphatic heterocycles. The van der Waals surface area contributed by atoms with Crippen LogP contribution in [0.15, 0.2) is 35.2 Å². The van der Waals surface area contributed by atoms with Crippen molar-refractivity contribution >= 4 is 26.7 Å². The number of rotatable bonds is 7. The number of unbranched alkanes of at least 4 members (excludes halogenated alkanes) is 2. The summed E-state index contributed by atoms with van der Waals surface area (Å²) in [4.78, 5) is 4.66. The fourth-order valence-electron chi connectivity index (χ4n) is 2.07. The zero-order valence-corrected chi connectivity index (χ0v) is 13.2. The third-order valence-electron chi connectivity index (χ3n) is 3.30. The second kappa shape index (κ2) is 6.87. The second-order valence-electron chi connectivity index (χ2n) is 4.91. The minimum Gasteiger partial charge on any atom is -0.373 e. The average Bonchev–Trinajstić information content (AvgIpc) is 2.50. The number of sulfonamides is 1. The van der Waals surface area contributed by atoms with Crippen LogP contribution in [0.5, 0.6) is 0 Å². The number of nitrogens with zero attached hydrogens (tertiary/aromatic N) is 1. The van der Waals surface area contributed by atoms with Crippen LogP contribution in [0.4, 0.5) is 5.82 Å². The van der Waals surface area contributed by atoms with Crippen LogP contribution in [-0.4, -0.2) is 27.0 Å². The van der Waals surface area contributed by atoms with Gasteiger partial charge in [-0.05, 0) is 36.8 Å². The average molecular weight is 307 g/mol. The van der Waals surface area contributed by atoms with Gasteiger partial charge >= 0.3 is 0 Å². The van der Waals surface area contributed by atoms with Crippen LogP contribution >= 0.6 is 0 Å². The molecule has 0 amide bonds. The fourth-order valence-corrected chi connectivity index (χ4v) is 3.18. The van der Waals surface area contributed by atoms with Crippen LogP contribution in [0.1, 0.15) is 26.2 Å². The van der Waals surface area contributed by atoms with Crippen LogP contribution in [0.25, 0.3) is 10.9 Å². The van der Waals surface area contributed by atoms with E-state index in [9.17, 15) is 8.42 Å². The van der Waals surface area contributed by atoms with Crippen molar-refractivity contribution in [2.45, 2.75) is 31.1 Å². The number of benzene rings is 1. The van der Waals surface area contributed by atoms with Gasteiger partial charge < -0.3 is 5.32 Å². The van der Waals surface area contributed by atoms with Gasteiger partial charge in [0.2, 0.25) is 10.0 Å². The van der Waals surface area contributed by atoms with Crippen LogP contribution in [0.3, 0.4) is 0 Å². The van der Waals surface area contributed by atoms with Gasteiger partial charge in [0.1, 0.15) is 5.82 Å². The molecule has 1 aromatic heterocycles. The summed E-state index contributed by atoms with van der Waals surface area (Å²) in [7, 11) is -1.64. The Morgan fingerprint density at radius 1 is 1.14 bits per heavy atom. The molecule has 0 saturated heterocycles. The smallest absolute Gasteiger partial charge is 0.240 e. The lowest BCUT2D eigenvalue weighted by Crippen LogP contribution is -2.24. The summed E-state index contributed by atoms with van der Waals surface area (Å²) >= 11 is 0. The SMILES string of the molecule is CCCCCNS(=O)(=O)c1ccc2nc(NC)ccc2c1. The molecule has 0 saturated carbocycles. The molecule has 5 nitrogen and oxygen atoms in total. The number of anilines is 1. The summed E-state index contributed by atoms with van der Waals surface area (Å²) in [5.41, 5.74) is 0.770. The van der Waals surface area contributed by atoms with Crippen molar-refractivity contribution in [3.05, 3.63) is 30.3 Å². The molecule has 6 heteroatoms. The molecule has 0 unspecified atom stereocenters. The first kappa shape index (κ1) is 15.7. The summed E-state index contributed by atoms with van der Waals surface area (Å²) in [5, 5.41) is 3.77. The van der Waals surface area contributed by atoms with Gasteiger partial charge in [0.15, 0.2) is 0 Å². The van der Waals surface area contributed by atoms with Crippen LogP contribution in [-0.2, 0) is 10.0 Å². The molecule has 0 fully saturated rings. The van der Waals surface area contributed by atoms with Gasteiger partial charge in [-0.15, -0.1) is 0 Å². The van der Waals surface area contributed by atoms with Crippen LogP contribution in [0, 0.1) is 0 Å². The summed E-state index contributed by atoms with van der Waals surface area (Å²) in [6, 6.07) is 8.68. The van der Waals surface area contributed by atoms with E-state index in [-0.39, 0.29) is 4.90 Å². The molecule has 0 spiro atoms. The maximum atomic E-state index is 12.2. The Bertz CT molecular complexity index is 714. The molecule has 0 aliphatic carbocycles. The van der Waals surface area contributed by atoms with Gasteiger partial charge in [-0.3, -0.25) is 0 Å². The molecule has 1 aromatic carbocycles. The predicted octanol–water partition coefficient (Wildman–Crippen LogP) is 2.75. The minimum absolute atomic E-state index is 0.283. The highest BCUT2D eigenvalue weighted by Crippen LogP contribution is 2.19. The van der Waals surface area contributed by atoms with Crippen LogP contribution in [0.2, 0.25) is 0 Å². The molecule has 2 aromatic rings. The third-order valence-corrected chi connectivity index (χ3v) is 4.76. The maximum absolute atomic E-state index is 12.2. The Hall–Kier alpha value is -1.66. The first-order valence-electron chi connectivity index (χ1n) is 7.15. The number of pyridine rings is 1. The topological polar surface area (TPSA) is 71.1 Å². The Kier molecular flexibility index (Phi) is 5.14. The van der Waals surface area contributed by atoms with Crippen molar-refractivity contribution in [3.63, 3.8) is 0 Å². The molecule has 0 bridgehead atoms. The van der Waals surface area contributed by atoms with Gasteiger partial charge in [0.05, 0.1) is 10.4 Å². The first-order chi connectivity index (χ1) is 10.1. The van der Waals surface area contributed by atoms with Gasteiger partial charge in [-0.25, -0.2) is 18.1 Å². The van der Waals surface area contributed by atoms with E-state index in [0.29, 0.717) is 6.54 Å². The van der Waals surface area contributed by atoms with E-state index in [0.717, 1.165) is 36.0 Å². The summed E-state index contributed by atoms with van der Waals surface area (Å²) in [6.45, 7) is 2.56. The van der Waals surface area contributed by atoms with Crippen molar-refractivity contribution in [3.8, 4) is 0 Å². The third kappa shape index (κ3) is 3.92. The lowest BCUT2D eigenvalue weighted by Gasteiger charge is -2.08. The van der Waals surface area contributed by atoms with Gasteiger partial charge in [-0.2, -0.15) is 0 Å². The fraction of sp³-hybridized carbons (Fsp3) is 0.400. The number of nitrogens with one attached hydrogen (secondary N) is 2. The molecule has 2 N–H and O–H groups in total. The second-order valence-corrected chi connectivity index (χ2v) is 6.67. The monoisotopic (exact) mass is 307 g/mol. The standard InChI is InChI=1S/C15H21N3O2S/c1-3-4-5-10-17-21(19,20)13-7-8-14-12(11-13)6-9-15(16-2)18-14/h6-9,11,17H,3-5,10H2,1-2H3,(H,16,18). The Balaban J connectivity index is 2.21. The highest BCUT2D eigenvalue weighted by Gasteiger charge is 2.13. The zero-order chi connectivity index (χ0) is 15.3. The Labute approximate surface area is 125 Å². The number of fused-ring (bicyclic) bond motifs is 1. The molecule has 0 aliphatic rings. The van der Waals surface area contributed by atoms with Gasteiger partial charge in [0.25, 0.3) is 0 Å². The lowest BCUT2D eigenvalue weighted by molar-refractivity contribution is 0.576. The van der Waals surface area contributed by atoms with Gasteiger partial charge in [0, 0.05) is 19.0 Å². The number of hydrogen-bond donors (Lipinski definition) is 2.